The fraction of sp³-hybridized carbons (Fsp3) is 0.333. The second-order valence-electron chi connectivity index (χ2n) is 4.98. The van der Waals surface area contributed by atoms with Crippen molar-refractivity contribution in [3.63, 3.8) is 0 Å². The monoisotopic (exact) mass is 337 g/mol. The lowest BCUT2D eigenvalue weighted by molar-refractivity contribution is 0.136. The Kier molecular flexibility index (Phi) is 3.76. The van der Waals surface area contributed by atoms with Crippen LogP contribution in [0.15, 0.2) is 40.2 Å². The van der Waals surface area contributed by atoms with Gasteiger partial charge in [0, 0.05) is 17.3 Å². The summed E-state index contributed by atoms with van der Waals surface area (Å²) in [6.45, 7) is 2.14. The molecule has 1 aliphatic rings. The average Bonchev–Trinajstić information content (AvgIpc) is 2.95. The number of fused-ring (bicyclic) bond motifs is 1. The molecule has 3 unspecified atom stereocenters. The van der Waals surface area contributed by atoms with Gasteiger partial charge in [0.25, 0.3) is 0 Å². The van der Waals surface area contributed by atoms with E-state index >= 15 is 0 Å². The van der Waals surface area contributed by atoms with Crippen LogP contribution in [0.1, 0.15) is 35.0 Å². The third-order valence-corrected chi connectivity index (χ3v) is 5.46. The highest BCUT2D eigenvalue weighted by molar-refractivity contribution is 9.11. The summed E-state index contributed by atoms with van der Waals surface area (Å²) in [7, 11) is 0. The molecule has 0 amide bonds. The molecule has 100 valence electrons. The molecule has 1 heterocycles. The number of hydrogen-bond acceptors (Lipinski definition) is 3. The fourth-order valence-corrected chi connectivity index (χ4v) is 4.12. The Balaban J connectivity index is 1.80. The van der Waals surface area contributed by atoms with Crippen LogP contribution in [0, 0.1) is 0 Å². The summed E-state index contributed by atoms with van der Waals surface area (Å²) in [5.41, 5.74) is 2.49. The van der Waals surface area contributed by atoms with Crippen molar-refractivity contribution in [3.8, 4) is 0 Å². The van der Waals surface area contributed by atoms with Crippen molar-refractivity contribution in [2.75, 3.05) is 0 Å². The SMILES string of the molecule is CC(NC1c2ccccc2CC1O)c1ccc(Br)s1. The summed E-state index contributed by atoms with van der Waals surface area (Å²) in [4.78, 5) is 1.28. The van der Waals surface area contributed by atoms with Gasteiger partial charge >= 0.3 is 0 Å². The number of thiophene rings is 1. The lowest BCUT2D eigenvalue weighted by Gasteiger charge is -2.22. The number of nitrogens with one attached hydrogen (secondary N) is 1. The number of hydrogen-bond donors (Lipinski definition) is 2. The minimum Gasteiger partial charge on any atom is -0.391 e. The Morgan fingerprint density at radius 3 is 2.84 bits per heavy atom. The van der Waals surface area contributed by atoms with E-state index in [0.717, 1.165) is 10.2 Å². The predicted molar refractivity (Wildman–Crippen MR) is 82.5 cm³/mol. The van der Waals surface area contributed by atoms with Gasteiger partial charge in [-0.15, -0.1) is 11.3 Å². The predicted octanol–water partition coefficient (Wildman–Crippen LogP) is 3.82. The van der Waals surface area contributed by atoms with Crippen LogP contribution in [-0.4, -0.2) is 11.2 Å². The first-order chi connectivity index (χ1) is 9.15. The van der Waals surface area contributed by atoms with Gasteiger partial charge in [-0.05, 0) is 46.1 Å². The molecule has 0 saturated carbocycles. The number of halogens is 1. The third kappa shape index (κ3) is 2.63. The Bertz CT molecular complexity index is 583. The molecule has 0 aliphatic heterocycles. The number of rotatable bonds is 3. The van der Waals surface area contributed by atoms with Crippen LogP contribution in [0.4, 0.5) is 0 Å². The van der Waals surface area contributed by atoms with Gasteiger partial charge in [0.05, 0.1) is 15.9 Å². The largest absolute Gasteiger partial charge is 0.391 e. The number of aliphatic hydroxyl groups is 1. The van der Waals surface area contributed by atoms with Crippen molar-refractivity contribution in [1.82, 2.24) is 5.32 Å². The summed E-state index contributed by atoms with van der Waals surface area (Å²) < 4.78 is 1.14. The van der Waals surface area contributed by atoms with E-state index < -0.39 is 0 Å². The van der Waals surface area contributed by atoms with Crippen molar-refractivity contribution in [3.05, 3.63) is 56.2 Å². The Morgan fingerprint density at radius 2 is 2.11 bits per heavy atom. The van der Waals surface area contributed by atoms with Gasteiger partial charge in [-0.2, -0.15) is 0 Å². The quantitative estimate of drug-likeness (QED) is 0.892. The van der Waals surface area contributed by atoms with Crippen LogP contribution in [0.2, 0.25) is 0 Å². The van der Waals surface area contributed by atoms with Crippen LogP contribution in [0.3, 0.4) is 0 Å². The van der Waals surface area contributed by atoms with Crippen LogP contribution in [-0.2, 0) is 6.42 Å². The van der Waals surface area contributed by atoms with Crippen LogP contribution < -0.4 is 5.32 Å². The lowest BCUT2D eigenvalue weighted by Crippen LogP contribution is -2.30. The molecule has 3 atom stereocenters. The summed E-state index contributed by atoms with van der Waals surface area (Å²) in [6, 6.07) is 12.8. The minimum atomic E-state index is -0.330. The fourth-order valence-electron chi connectivity index (χ4n) is 2.69. The lowest BCUT2D eigenvalue weighted by atomic mass is 10.1. The molecule has 19 heavy (non-hydrogen) atoms. The van der Waals surface area contributed by atoms with E-state index in [1.165, 1.54) is 16.0 Å². The van der Waals surface area contributed by atoms with Crippen LogP contribution in [0.25, 0.3) is 0 Å². The van der Waals surface area contributed by atoms with Crippen molar-refractivity contribution >= 4 is 27.3 Å². The first kappa shape index (κ1) is 13.3. The number of aliphatic hydroxyl groups excluding tert-OH is 1. The molecule has 0 spiro atoms. The zero-order chi connectivity index (χ0) is 13.4. The zero-order valence-corrected chi connectivity index (χ0v) is 13.0. The highest BCUT2D eigenvalue weighted by atomic mass is 79.9. The summed E-state index contributed by atoms with van der Waals surface area (Å²) in [6.07, 6.45) is 0.414. The van der Waals surface area contributed by atoms with Gasteiger partial charge < -0.3 is 10.4 Å². The highest BCUT2D eigenvalue weighted by Crippen LogP contribution is 2.34. The Labute approximate surface area is 125 Å². The molecule has 0 fully saturated rings. The molecule has 0 saturated heterocycles. The number of benzene rings is 1. The van der Waals surface area contributed by atoms with Gasteiger partial charge in [-0.3, -0.25) is 0 Å². The summed E-state index contributed by atoms with van der Waals surface area (Å²) in [5.74, 6) is 0. The summed E-state index contributed by atoms with van der Waals surface area (Å²) in [5, 5.41) is 13.8. The zero-order valence-electron chi connectivity index (χ0n) is 10.6. The molecule has 0 radical (unpaired) electrons. The topological polar surface area (TPSA) is 32.3 Å². The average molecular weight is 338 g/mol. The normalized spacial score (nSPS) is 23.3. The van der Waals surface area contributed by atoms with Crippen molar-refractivity contribution in [1.29, 1.82) is 0 Å². The molecule has 2 N–H and O–H groups in total. The van der Waals surface area contributed by atoms with Gasteiger partial charge in [0.1, 0.15) is 0 Å². The standard InChI is InChI=1S/C15H16BrNOS/c1-9(13-6-7-14(16)19-13)17-15-11-5-3-2-4-10(11)8-12(15)18/h2-7,9,12,15,17-18H,8H2,1H3. The maximum atomic E-state index is 10.2. The van der Waals surface area contributed by atoms with Crippen molar-refractivity contribution in [2.24, 2.45) is 0 Å². The Morgan fingerprint density at radius 1 is 1.32 bits per heavy atom. The van der Waals surface area contributed by atoms with E-state index in [1.807, 2.05) is 12.1 Å². The minimum absolute atomic E-state index is 0.0343. The molecule has 1 aliphatic carbocycles. The van der Waals surface area contributed by atoms with Crippen molar-refractivity contribution < 1.29 is 5.11 Å². The van der Waals surface area contributed by atoms with Crippen molar-refractivity contribution in [2.45, 2.75) is 31.5 Å². The second kappa shape index (κ2) is 5.37. The molecule has 3 rings (SSSR count). The van der Waals surface area contributed by atoms with E-state index in [-0.39, 0.29) is 18.2 Å². The van der Waals surface area contributed by atoms with E-state index in [1.54, 1.807) is 11.3 Å². The first-order valence-corrected chi connectivity index (χ1v) is 8.03. The van der Waals surface area contributed by atoms with E-state index in [0.29, 0.717) is 0 Å². The molecule has 4 heteroatoms. The molecular weight excluding hydrogens is 322 g/mol. The second-order valence-corrected chi connectivity index (χ2v) is 7.47. The molecular formula is C15H16BrNOS. The van der Waals surface area contributed by atoms with E-state index in [4.69, 9.17) is 0 Å². The van der Waals surface area contributed by atoms with Crippen LogP contribution in [0.5, 0.6) is 0 Å². The molecule has 0 bridgehead atoms. The van der Waals surface area contributed by atoms with Gasteiger partial charge in [-0.1, -0.05) is 24.3 Å². The Hall–Kier alpha value is -0.680. The smallest absolute Gasteiger partial charge is 0.0775 e. The third-order valence-electron chi connectivity index (χ3n) is 3.65. The summed E-state index contributed by atoms with van der Waals surface area (Å²) >= 11 is 5.23. The molecule has 1 aromatic carbocycles. The van der Waals surface area contributed by atoms with Gasteiger partial charge in [-0.25, -0.2) is 0 Å². The maximum Gasteiger partial charge on any atom is 0.0775 e. The van der Waals surface area contributed by atoms with Crippen LogP contribution >= 0.6 is 27.3 Å². The van der Waals surface area contributed by atoms with E-state index in [9.17, 15) is 5.11 Å². The van der Waals surface area contributed by atoms with Gasteiger partial charge in [0.15, 0.2) is 0 Å². The maximum absolute atomic E-state index is 10.2. The molecule has 1 aromatic heterocycles. The molecule has 2 nitrogen and oxygen atoms in total. The first-order valence-electron chi connectivity index (χ1n) is 6.42. The van der Waals surface area contributed by atoms with E-state index in [2.05, 4.69) is 52.4 Å². The highest BCUT2D eigenvalue weighted by Gasteiger charge is 2.31. The molecule has 2 aromatic rings. The van der Waals surface area contributed by atoms with Gasteiger partial charge in [0.2, 0.25) is 0 Å².